The van der Waals surface area contributed by atoms with Crippen LogP contribution < -0.4 is 16.0 Å². The van der Waals surface area contributed by atoms with E-state index in [-0.39, 0.29) is 18.6 Å². The van der Waals surface area contributed by atoms with E-state index in [0.29, 0.717) is 23.1 Å². The first-order valence-corrected chi connectivity index (χ1v) is 9.70. The summed E-state index contributed by atoms with van der Waals surface area (Å²) in [6, 6.07) is 8.34. The molecule has 3 aromatic heterocycles. The maximum Gasteiger partial charge on any atom is 0.263 e. The van der Waals surface area contributed by atoms with Gasteiger partial charge in [-0.25, -0.2) is 15.0 Å². The number of rotatable bonds is 3. The third-order valence-electron chi connectivity index (χ3n) is 4.70. The zero-order chi connectivity index (χ0) is 20.0. The largest absolute Gasteiger partial charge is 0.394 e. The molecule has 0 spiro atoms. The standard InChI is InChI=1S/C19H15FN6O2S/c20-13-5-15(23-8-22-13)26-14-4-1-10-11(25-14)2-3-12-16(10)17-18(29-12)19(28)24-9(7-27)6-21-17/h1-5,8-9,21,27H,6-7H2,(H,24,28)(H,22,23,25,26)/t9-/m0/s1. The lowest BCUT2D eigenvalue weighted by Gasteiger charge is -2.12. The summed E-state index contributed by atoms with van der Waals surface area (Å²) in [6.07, 6.45) is 1.14. The molecule has 0 aliphatic carbocycles. The molecule has 0 fully saturated rings. The Kier molecular flexibility index (Phi) is 4.22. The van der Waals surface area contributed by atoms with Gasteiger partial charge in [-0.15, -0.1) is 11.3 Å². The predicted molar refractivity (Wildman–Crippen MR) is 109 cm³/mol. The number of fused-ring (bicyclic) bond motifs is 5. The lowest BCUT2D eigenvalue weighted by molar-refractivity contribution is 0.0928. The Labute approximate surface area is 167 Å². The SMILES string of the molecule is O=C1N[C@H](CO)CNc2c1sc1ccc3nc(Nc4cc(F)ncn4)ccc3c21. The zero-order valence-electron chi connectivity index (χ0n) is 14.9. The lowest BCUT2D eigenvalue weighted by atomic mass is 10.1. The number of halogens is 1. The van der Waals surface area contributed by atoms with Gasteiger partial charge in [0.25, 0.3) is 5.91 Å². The van der Waals surface area contributed by atoms with Crippen molar-refractivity contribution in [3.63, 3.8) is 0 Å². The fourth-order valence-corrected chi connectivity index (χ4v) is 4.47. The summed E-state index contributed by atoms with van der Waals surface area (Å²) < 4.78 is 14.2. The first-order chi connectivity index (χ1) is 14.1. The smallest absolute Gasteiger partial charge is 0.263 e. The van der Waals surface area contributed by atoms with E-state index in [9.17, 15) is 14.3 Å². The molecule has 1 aromatic carbocycles. The van der Waals surface area contributed by atoms with Gasteiger partial charge in [0.15, 0.2) is 0 Å². The van der Waals surface area contributed by atoms with Crippen molar-refractivity contribution in [2.45, 2.75) is 6.04 Å². The summed E-state index contributed by atoms with van der Waals surface area (Å²) in [4.78, 5) is 25.1. The molecule has 0 unspecified atom stereocenters. The van der Waals surface area contributed by atoms with E-state index in [2.05, 4.69) is 30.9 Å². The first kappa shape index (κ1) is 17.7. The van der Waals surface area contributed by atoms with Gasteiger partial charge in [-0.1, -0.05) is 0 Å². The molecule has 0 bridgehead atoms. The van der Waals surface area contributed by atoms with E-state index in [1.807, 2.05) is 18.2 Å². The number of anilines is 3. The molecule has 8 nitrogen and oxygen atoms in total. The number of carbonyl (C=O) groups is 1. The third kappa shape index (κ3) is 3.12. The van der Waals surface area contributed by atoms with Gasteiger partial charge in [-0.2, -0.15) is 4.39 Å². The lowest BCUT2D eigenvalue weighted by Crippen LogP contribution is -2.39. The quantitative estimate of drug-likeness (QED) is 0.384. The molecular weight excluding hydrogens is 395 g/mol. The van der Waals surface area contributed by atoms with E-state index in [4.69, 9.17) is 0 Å². The van der Waals surface area contributed by atoms with Gasteiger partial charge in [0.1, 0.15) is 22.8 Å². The van der Waals surface area contributed by atoms with Gasteiger partial charge in [0.2, 0.25) is 5.95 Å². The molecule has 1 amide bonds. The van der Waals surface area contributed by atoms with E-state index in [1.165, 1.54) is 17.4 Å². The third-order valence-corrected chi connectivity index (χ3v) is 5.85. The molecule has 29 heavy (non-hydrogen) atoms. The molecule has 0 saturated heterocycles. The van der Waals surface area contributed by atoms with Crippen LogP contribution in [0.4, 0.5) is 21.7 Å². The normalized spacial score (nSPS) is 16.2. The van der Waals surface area contributed by atoms with Crippen molar-refractivity contribution in [2.75, 3.05) is 23.8 Å². The van der Waals surface area contributed by atoms with Gasteiger partial charge in [0, 0.05) is 28.1 Å². The highest BCUT2D eigenvalue weighted by molar-refractivity contribution is 7.21. The molecule has 146 valence electrons. The number of amides is 1. The van der Waals surface area contributed by atoms with Crippen LogP contribution >= 0.6 is 11.3 Å². The number of hydrogen-bond donors (Lipinski definition) is 4. The van der Waals surface area contributed by atoms with Crippen molar-refractivity contribution in [3.05, 3.63) is 47.5 Å². The second-order valence-corrected chi connectivity index (χ2v) is 7.65. The summed E-state index contributed by atoms with van der Waals surface area (Å²) in [5.41, 5.74) is 1.48. The van der Waals surface area contributed by atoms with Gasteiger partial charge >= 0.3 is 0 Å². The summed E-state index contributed by atoms with van der Waals surface area (Å²) in [7, 11) is 0. The van der Waals surface area contributed by atoms with Crippen LogP contribution in [0.1, 0.15) is 9.67 Å². The Morgan fingerprint density at radius 1 is 1.24 bits per heavy atom. The van der Waals surface area contributed by atoms with Crippen molar-refractivity contribution in [1.29, 1.82) is 0 Å². The molecule has 0 saturated carbocycles. The molecule has 10 heteroatoms. The van der Waals surface area contributed by atoms with Crippen LogP contribution in [0.15, 0.2) is 36.7 Å². The van der Waals surface area contributed by atoms with Crippen LogP contribution in [0.3, 0.4) is 0 Å². The minimum atomic E-state index is -0.628. The average molecular weight is 410 g/mol. The van der Waals surface area contributed by atoms with E-state index >= 15 is 0 Å². The predicted octanol–water partition coefficient (Wildman–Crippen LogP) is 2.64. The highest BCUT2D eigenvalue weighted by Crippen LogP contribution is 2.41. The molecule has 5 rings (SSSR count). The Morgan fingerprint density at radius 3 is 2.97 bits per heavy atom. The van der Waals surface area contributed by atoms with Crippen molar-refractivity contribution >= 4 is 55.6 Å². The molecule has 1 aliphatic heterocycles. The van der Waals surface area contributed by atoms with Crippen LogP contribution in [-0.4, -0.2) is 45.2 Å². The van der Waals surface area contributed by atoms with E-state index in [0.717, 1.165) is 33.0 Å². The van der Waals surface area contributed by atoms with Crippen molar-refractivity contribution in [3.8, 4) is 0 Å². The molecule has 0 radical (unpaired) electrons. The average Bonchev–Trinajstić information content (AvgIpc) is 3.02. The zero-order valence-corrected chi connectivity index (χ0v) is 15.8. The van der Waals surface area contributed by atoms with Crippen LogP contribution in [0.2, 0.25) is 0 Å². The van der Waals surface area contributed by atoms with E-state index < -0.39 is 5.95 Å². The second-order valence-electron chi connectivity index (χ2n) is 6.59. The number of benzene rings is 1. The number of aliphatic hydroxyl groups is 1. The summed E-state index contributed by atoms with van der Waals surface area (Å²) in [5, 5.41) is 20.3. The highest BCUT2D eigenvalue weighted by atomic mass is 32.1. The maximum atomic E-state index is 13.3. The van der Waals surface area contributed by atoms with E-state index in [1.54, 1.807) is 6.07 Å². The number of aliphatic hydroxyl groups excluding tert-OH is 1. The highest BCUT2D eigenvalue weighted by Gasteiger charge is 2.26. The van der Waals surface area contributed by atoms with Crippen LogP contribution in [0, 0.1) is 5.95 Å². The summed E-state index contributed by atoms with van der Waals surface area (Å²) >= 11 is 1.40. The first-order valence-electron chi connectivity index (χ1n) is 8.89. The van der Waals surface area contributed by atoms with Gasteiger partial charge in [-0.3, -0.25) is 4.79 Å². The molecule has 4 N–H and O–H groups in total. The topological polar surface area (TPSA) is 112 Å². The number of pyridine rings is 1. The number of thiophene rings is 1. The number of nitrogens with zero attached hydrogens (tertiary/aromatic N) is 3. The molecular formula is C19H15FN6O2S. The molecule has 1 atom stereocenters. The van der Waals surface area contributed by atoms with Gasteiger partial charge < -0.3 is 21.1 Å². The number of nitrogens with one attached hydrogen (secondary N) is 3. The Bertz CT molecular complexity index is 1260. The maximum absolute atomic E-state index is 13.3. The van der Waals surface area contributed by atoms with Crippen molar-refractivity contribution in [2.24, 2.45) is 0 Å². The van der Waals surface area contributed by atoms with Gasteiger partial charge in [0.05, 0.1) is 23.9 Å². The van der Waals surface area contributed by atoms with Crippen LogP contribution in [-0.2, 0) is 0 Å². The fraction of sp³-hybridized carbons (Fsp3) is 0.158. The van der Waals surface area contributed by atoms with Crippen molar-refractivity contribution in [1.82, 2.24) is 20.3 Å². The summed E-state index contributed by atoms with van der Waals surface area (Å²) in [6.45, 7) is 0.302. The van der Waals surface area contributed by atoms with Crippen LogP contribution in [0.25, 0.3) is 21.0 Å². The summed E-state index contributed by atoms with van der Waals surface area (Å²) in [5.74, 6) is -0.00235. The minimum absolute atomic E-state index is 0.132. The Hall–Kier alpha value is -3.37. The molecule has 4 heterocycles. The molecule has 4 aromatic rings. The van der Waals surface area contributed by atoms with Gasteiger partial charge in [-0.05, 0) is 24.3 Å². The minimum Gasteiger partial charge on any atom is -0.394 e. The number of hydrogen-bond acceptors (Lipinski definition) is 8. The Morgan fingerprint density at radius 2 is 2.14 bits per heavy atom. The monoisotopic (exact) mass is 410 g/mol. The van der Waals surface area contributed by atoms with Crippen molar-refractivity contribution < 1.29 is 14.3 Å². The van der Waals surface area contributed by atoms with Crippen LogP contribution in [0.5, 0.6) is 0 Å². The Balaban J connectivity index is 1.59. The second kappa shape index (κ2) is 6.90. The molecule has 1 aliphatic rings. The fourth-order valence-electron chi connectivity index (χ4n) is 3.37. The number of carbonyl (C=O) groups excluding carboxylic acids is 1. The number of aromatic nitrogens is 3.